The first-order chi connectivity index (χ1) is 21.8. The maximum atomic E-state index is 11.6. The molecule has 0 aromatic heterocycles. The molecule has 0 aliphatic rings. The van der Waals surface area contributed by atoms with Crippen molar-refractivity contribution in [3.63, 3.8) is 0 Å². The zero-order chi connectivity index (χ0) is 33.1. The third-order valence-corrected chi connectivity index (χ3v) is 6.12. The summed E-state index contributed by atoms with van der Waals surface area (Å²) in [6, 6.07) is 0. The Balaban J connectivity index is 3.11. The summed E-state index contributed by atoms with van der Waals surface area (Å²) >= 11 is 6.50. The fourth-order valence-electron chi connectivity index (χ4n) is 2.97. The molecule has 0 fully saturated rings. The Hall–Kier alpha value is -0.690. The van der Waals surface area contributed by atoms with Crippen molar-refractivity contribution in [2.45, 2.75) is 39.7 Å². The highest BCUT2D eigenvalue weighted by molar-refractivity contribution is 8.22. The van der Waals surface area contributed by atoms with Crippen LogP contribution in [0, 0.1) is 0 Å². The van der Waals surface area contributed by atoms with Crippen LogP contribution in [0.15, 0.2) is 0 Å². The van der Waals surface area contributed by atoms with Crippen molar-refractivity contribution in [1.82, 2.24) is 0 Å². The van der Waals surface area contributed by atoms with E-state index in [0.717, 1.165) is 5.75 Å². The maximum Gasteiger partial charge on any atom is 0.308 e. The first-order valence-corrected chi connectivity index (χ1v) is 17.0. The molecule has 45 heavy (non-hydrogen) atoms. The van der Waals surface area contributed by atoms with Crippen LogP contribution in [0.3, 0.4) is 0 Å². The Morgan fingerprint density at radius 3 is 1.09 bits per heavy atom. The van der Waals surface area contributed by atoms with Gasteiger partial charge in [-0.2, -0.15) is 0 Å². The van der Waals surface area contributed by atoms with E-state index in [1.807, 2.05) is 27.7 Å². The quantitative estimate of drug-likeness (QED) is 0.0557. The number of ether oxygens (including phenoxy) is 12. The van der Waals surface area contributed by atoms with Crippen molar-refractivity contribution in [2.24, 2.45) is 0 Å². The summed E-state index contributed by atoms with van der Waals surface area (Å²) in [7, 11) is 0. The van der Waals surface area contributed by atoms with E-state index in [1.54, 1.807) is 0 Å². The number of rotatable bonds is 34. The fraction of sp³-hybridized carbons (Fsp3) is 0.933. The van der Waals surface area contributed by atoms with E-state index in [-0.39, 0.29) is 12.4 Å². The highest BCUT2D eigenvalue weighted by atomic mass is 32.2. The van der Waals surface area contributed by atoms with Gasteiger partial charge in [0.15, 0.2) is 0 Å². The zero-order valence-electron chi connectivity index (χ0n) is 27.9. The monoisotopic (exact) mass is 690 g/mol. The van der Waals surface area contributed by atoms with E-state index in [4.69, 9.17) is 69.1 Å². The van der Waals surface area contributed by atoms with Crippen molar-refractivity contribution in [3.8, 4) is 0 Å². The van der Waals surface area contributed by atoms with Crippen molar-refractivity contribution < 1.29 is 61.6 Å². The van der Waals surface area contributed by atoms with Crippen molar-refractivity contribution in [1.29, 1.82) is 0 Å². The van der Waals surface area contributed by atoms with Crippen LogP contribution in [0.25, 0.3) is 0 Å². The third kappa shape index (κ3) is 39.4. The molecule has 13 nitrogen and oxygen atoms in total. The van der Waals surface area contributed by atoms with Crippen molar-refractivity contribution >= 4 is 34.3 Å². The van der Waals surface area contributed by atoms with Crippen LogP contribution in [-0.2, 0) is 61.6 Å². The SMILES string of the molecule is CCOC(=S)SCCOCCOCCOCCOCCOCCOCCOCCOCCOCCOCCC(=O)OC(C)(C)C. The van der Waals surface area contributed by atoms with Crippen LogP contribution in [0.2, 0.25) is 0 Å². The van der Waals surface area contributed by atoms with Gasteiger partial charge in [-0.25, -0.2) is 0 Å². The highest BCUT2D eigenvalue weighted by Crippen LogP contribution is 2.08. The molecule has 0 N–H and O–H groups in total. The van der Waals surface area contributed by atoms with Crippen molar-refractivity contribution in [3.05, 3.63) is 0 Å². The lowest BCUT2D eigenvalue weighted by atomic mass is 10.2. The average molecular weight is 691 g/mol. The predicted molar refractivity (Wildman–Crippen MR) is 175 cm³/mol. The Morgan fingerprint density at radius 2 is 0.800 bits per heavy atom. The van der Waals surface area contributed by atoms with E-state index in [1.165, 1.54) is 11.8 Å². The fourth-order valence-corrected chi connectivity index (χ4v) is 3.91. The molecule has 0 unspecified atom stereocenters. The second-order valence-electron chi connectivity index (χ2n) is 9.99. The summed E-state index contributed by atoms with van der Waals surface area (Å²) in [6.45, 7) is 17.8. The number of carbonyl (C=O) groups is 1. The first-order valence-electron chi connectivity index (χ1n) is 15.6. The minimum Gasteiger partial charge on any atom is -0.479 e. The standard InChI is InChI=1S/C30H58O13S2/c1-5-42-29(44)45-27-26-41-25-24-40-23-22-39-21-20-38-19-18-37-17-16-36-15-14-35-13-12-34-11-10-33-9-8-32-7-6-28(31)43-30(2,3)4/h5-27H2,1-4H3. The van der Waals surface area contributed by atoms with E-state index >= 15 is 0 Å². The first kappa shape index (κ1) is 44.3. The average Bonchev–Trinajstić information content (AvgIpc) is 2.98. The number of thiocarbonyl (C=S) groups is 1. The number of hydrogen-bond donors (Lipinski definition) is 0. The number of carbonyl (C=O) groups excluding carboxylic acids is 1. The molecule has 0 saturated heterocycles. The third-order valence-electron chi connectivity index (χ3n) is 4.93. The van der Waals surface area contributed by atoms with Gasteiger partial charge in [-0.3, -0.25) is 4.79 Å². The van der Waals surface area contributed by atoms with Crippen molar-refractivity contribution in [2.75, 3.05) is 144 Å². The van der Waals surface area contributed by atoms with Crippen LogP contribution < -0.4 is 0 Å². The number of esters is 1. The second kappa shape index (κ2) is 34.6. The Labute approximate surface area is 279 Å². The highest BCUT2D eigenvalue weighted by Gasteiger charge is 2.15. The lowest BCUT2D eigenvalue weighted by molar-refractivity contribution is -0.156. The molecule has 0 spiro atoms. The van der Waals surface area contributed by atoms with Crippen LogP contribution in [0.4, 0.5) is 0 Å². The van der Waals surface area contributed by atoms with Gasteiger partial charge < -0.3 is 56.8 Å². The van der Waals surface area contributed by atoms with Gasteiger partial charge in [0.1, 0.15) is 5.60 Å². The number of hydrogen-bond acceptors (Lipinski definition) is 15. The maximum absolute atomic E-state index is 11.6. The molecular weight excluding hydrogens is 632 g/mol. The molecule has 0 aromatic carbocycles. The molecule has 0 aliphatic heterocycles. The summed E-state index contributed by atoms with van der Waals surface area (Å²) in [5, 5.41) is 0. The molecule has 0 bridgehead atoms. The van der Waals surface area contributed by atoms with Crippen LogP contribution in [-0.4, -0.2) is 160 Å². The predicted octanol–water partition coefficient (Wildman–Crippen LogP) is 2.94. The smallest absolute Gasteiger partial charge is 0.308 e. The summed E-state index contributed by atoms with van der Waals surface area (Å²) in [5.74, 6) is 0.507. The summed E-state index contributed by atoms with van der Waals surface area (Å²) in [6.07, 6.45) is 0.232. The van der Waals surface area contributed by atoms with Crippen LogP contribution in [0.5, 0.6) is 0 Å². The largest absolute Gasteiger partial charge is 0.479 e. The molecule has 0 aliphatic carbocycles. The molecule has 15 heteroatoms. The molecule has 0 rings (SSSR count). The topological polar surface area (TPSA) is 128 Å². The summed E-state index contributed by atoms with van der Waals surface area (Å²) in [5.41, 5.74) is -0.473. The zero-order valence-corrected chi connectivity index (χ0v) is 29.5. The Kier molecular flexibility index (Phi) is 34.1. The minimum atomic E-state index is -0.473. The molecule has 0 aromatic rings. The molecule has 0 saturated carbocycles. The second-order valence-corrected chi connectivity index (χ2v) is 11.7. The van der Waals surface area contributed by atoms with E-state index in [9.17, 15) is 4.79 Å². The van der Waals surface area contributed by atoms with Gasteiger partial charge in [0.25, 0.3) is 0 Å². The molecule has 268 valence electrons. The lowest BCUT2D eigenvalue weighted by Crippen LogP contribution is -2.24. The molecule has 0 heterocycles. The molecule has 0 amide bonds. The lowest BCUT2D eigenvalue weighted by Gasteiger charge is -2.19. The van der Waals surface area contributed by atoms with Gasteiger partial charge in [-0.1, -0.05) is 11.8 Å². The number of thioether (sulfide) groups is 1. The normalized spacial score (nSPS) is 11.6. The Morgan fingerprint density at radius 1 is 0.511 bits per heavy atom. The van der Waals surface area contributed by atoms with Gasteiger partial charge >= 0.3 is 5.97 Å². The van der Waals surface area contributed by atoms with Crippen LogP contribution in [0.1, 0.15) is 34.1 Å². The minimum absolute atomic E-state index is 0.232. The molecule has 0 radical (unpaired) electrons. The van der Waals surface area contributed by atoms with Gasteiger partial charge in [0.2, 0.25) is 4.38 Å². The van der Waals surface area contributed by atoms with Gasteiger partial charge in [-0.15, -0.1) is 0 Å². The summed E-state index contributed by atoms with van der Waals surface area (Å²) < 4.78 is 65.4. The summed E-state index contributed by atoms with van der Waals surface area (Å²) in [4.78, 5) is 11.6. The molecular formula is C30H58O13S2. The van der Waals surface area contributed by atoms with Gasteiger partial charge in [0.05, 0.1) is 145 Å². The van der Waals surface area contributed by atoms with E-state index in [0.29, 0.717) is 143 Å². The van der Waals surface area contributed by atoms with E-state index in [2.05, 4.69) is 0 Å². The van der Waals surface area contributed by atoms with Gasteiger partial charge in [0, 0.05) is 5.75 Å². The van der Waals surface area contributed by atoms with Crippen LogP contribution >= 0.6 is 24.0 Å². The molecule has 0 atom stereocenters. The van der Waals surface area contributed by atoms with E-state index < -0.39 is 5.60 Å². The van der Waals surface area contributed by atoms with Gasteiger partial charge in [-0.05, 0) is 39.9 Å². The Bertz CT molecular complexity index is 654.